The largest absolute Gasteiger partial charge is 0.480 e. The van der Waals surface area contributed by atoms with Crippen molar-refractivity contribution in [3.63, 3.8) is 0 Å². The van der Waals surface area contributed by atoms with Crippen molar-refractivity contribution in [1.29, 1.82) is 0 Å². The molecule has 1 aromatic carbocycles. The third-order valence-corrected chi connectivity index (χ3v) is 2.76. The second-order valence-electron chi connectivity index (χ2n) is 4.47. The van der Waals surface area contributed by atoms with Gasteiger partial charge in [0.05, 0.1) is 10.6 Å². The number of carbonyl (C=O) groups is 2. The molecule has 0 aromatic heterocycles. The number of hydrogen-bond acceptors (Lipinski definition) is 2. The van der Waals surface area contributed by atoms with Gasteiger partial charge in [0, 0.05) is 0 Å². The number of nitrogens with one attached hydrogen (secondary N) is 1. The number of carbonyl (C=O) groups excluding carboxylic acids is 1. The maximum absolute atomic E-state index is 11.9. The van der Waals surface area contributed by atoms with Gasteiger partial charge in [0.2, 0.25) is 0 Å². The van der Waals surface area contributed by atoms with Crippen molar-refractivity contribution in [2.75, 3.05) is 0 Å². The van der Waals surface area contributed by atoms with Crippen LogP contribution in [0.1, 0.15) is 30.6 Å². The van der Waals surface area contributed by atoms with Crippen molar-refractivity contribution in [1.82, 2.24) is 5.32 Å². The molecule has 0 spiro atoms. The molecule has 0 fully saturated rings. The molecule has 1 rings (SSSR count). The van der Waals surface area contributed by atoms with E-state index in [4.69, 9.17) is 16.7 Å². The van der Waals surface area contributed by atoms with Crippen molar-refractivity contribution in [2.24, 2.45) is 5.92 Å². The van der Waals surface area contributed by atoms with E-state index in [0.717, 1.165) is 0 Å². The van der Waals surface area contributed by atoms with E-state index in [1.807, 2.05) is 13.8 Å². The fourth-order valence-corrected chi connectivity index (χ4v) is 1.80. The van der Waals surface area contributed by atoms with Gasteiger partial charge < -0.3 is 10.4 Å². The molecule has 1 unspecified atom stereocenters. The molecule has 0 heterocycles. The van der Waals surface area contributed by atoms with Crippen molar-refractivity contribution in [3.8, 4) is 0 Å². The first-order chi connectivity index (χ1) is 8.41. The minimum absolute atomic E-state index is 0.178. The van der Waals surface area contributed by atoms with Gasteiger partial charge in [0.1, 0.15) is 6.04 Å². The van der Waals surface area contributed by atoms with E-state index in [1.54, 1.807) is 24.3 Å². The topological polar surface area (TPSA) is 66.4 Å². The highest BCUT2D eigenvalue weighted by molar-refractivity contribution is 6.33. The number of carboxylic acids is 1. The summed E-state index contributed by atoms with van der Waals surface area (Å²) in [7, 11) is 0. The van der Waals surface area contributed by atoms with Crippen LogP contribution in [0.2, 0.25) is 5.02 Å². The predicted molar refractivity (Wildman–Crippen MR) is 69.8 cm³/mol. The van der Waals surface area contributed by atoms with Gasteiger partial charge in [-0.3, -0.25) is 4.79 Å². The maximum atomic E-state index is 11.9. The Morgan fingerprint density at radius 1 is 1.33 bits per heavy atom. The molecule has 4 nitrogen and oxygen atoms in total. The minimum Gasteiger partial charge on any atom is -0.480 e. The number of hydrogen-bond donors (Lipinski definition) is 2. The average Bonchev–Trinajstić information content (AvgIpc) is 2.27. The van der Waals surface area contributed by atoms with Crippen molar-refractivity contribution >= 4 is 23.5 Å². The fraction of sp³-hybridized carbons (Fsp3) is 0.385. The molecule has 98 valence electrons. The quantitative estimate of drug-likeness (QED) is 0.863. The molecule has 18 heavy (non-hydrogen) atoms. The molecule has 0 radical (unpaired) electrons. The SMILES string of the molecule is CC(C)CC(NC(=O)c1ccccc1Cl)C(=O)O. The van der Waals surface area contributed by atoms with Crippen LogP contribution in [0.3, 0.4) is 0 Å². The van der Waals surface area contributed by atoms with Gasteiger partial charge in [-0.1, -0.05) is 37.6 Å². The molecule has 1 atom stereocenters. The van der Waals surface area contributed by atoms with Crippen LogP contribution in [-0.4, -0.2) is 23.0 Å². The highest BCUT2D eigenvalue weighted by Gasteiger charge is 2.22. The van der Waals surface area contributed by atoms with E-state index in [1.165, 1.54) is 0 Å². The van der Waals surface area contributed by atoms with Crippen LogP contribution in [0.25, 0.3) is 0 Å². The van der Waals surface area contributed by atoms with Gasteiger partial charge in [0.15, 0.2) is 0 Å². The number of benzene rings is 1. The molecule has 0 saturated heterocycles. The maximum Gasteiger partial charge on any atom is 0.326 e. The molecule has 0 aliphatic carbocycles. The van der Waals surface area contributed by atoms with E-state index in [0.29, 0.717) is 11.4 Å². The lowest BCUT2D eigenvalue weighted by molar-refractivity contribution is -0.139. The molecule has 5 heteroatoms. The number of aliphatic carboxylic acids is 1. The zero-order chi connectivity index (χ0) is 13.7. The number of rotatable bonds is 5. The molecular formula is C13H16ClNO3. The number of carboxylic acid groups (broad SMARTS) is 1. The number of halogens is 1. The third-order valence-electron chi connectivity index (χ3n) is 2.43. The first kappa shape index (κ1) is 14.5. The summed E-state index contributed by atoms with van der Waals surface area (Å²) >= 11 is 5.88. The average molecular weight is 270 g/mol. The molecule has 0 aliphatic heterocycles. The Kier molecular flexibility index (Phi) is 5.16. The van der Waals surface area contributed by atoms with Crippen molar-refractivity contribution in [2.45, 2.75) is 26.3 Å². The first-order valence-electron chi connectivity index (χ1n) is 5.70. The van der Waals surface area contributed by atoms with Crippen LogP contribution in [0.15, 0.2) is 24.3 Å². The fourth-order valence-electron chi connectivity index (χ4n) is 1.57. The Bertz CT molecular complexity index is 446. The normalized spacial score (nSPS) is 12.2. The molecule has 1 aromatic rings. The number of amides is 1. The van der Waals surface area contributed by atoms with Gasteiger partial charge in [-0.25, -0.2) is 4.79 Å². The standard InChI is InChI=1S/C13H16ClNO3/c1-8(2)7-11(13(17)18)15-12(16)9-5-3-4-6-10(9)14/h3-6,8,11H,7H2,1-2H3,(H,15,16)(H,17,18). The van der Waals surface area contributed by atoms with Gasteiger partial charge >= 0.3 is 5.97 Å². The Hall–Kier alpha value is -1.55. The first-order valence-corrected chi connectivity index (χ1v) is 6.07. The van der Waals surface area contributed by atoms with Crippen LogP contribution < -0.4 is 5.32 Å². The molecule has 2 N–H and O–H groups in total. The van der Waals surface area contributed by atoms with Crippen LogP contribution in [0, 0.1) is 5.92 Å². The zero-order valence-corrected chi connectivity index (χ0v) is 11.1. The molecule has 0 bridgehead atoms. The van der Waals surface area contributed by atoms with E-state index in [2.05, 4.69) is 5.32 Å². The summed E-state index contributed by atoms with van der Waals surface area (Å²) in [4.78, 5) is 22.9. The second kappa shape index (κ2) is 6.40. The Morgan fingerprint density at radius 2 is 1.94 bits per heavy atom. The van der Waals surface area contributed by atoms with Crippen LogP contribution in [-0.2, 0) is 4.79 Å². The van der Waals surface area contributed by atoms with E-state index >= 15 is 0 Å². The van der Waals surface area contributed by atoms with Gasteiger partial charge in [-0.05, 0) is 24.5 Å². The van der Waals surface area contributed by atoms with Crippen LogP contribution >= 0.6 is 11.6 Å². The van der Waals surface area contributed by atoms with Crippen LogP contribution in [0.5, 0.6) is 0 Å². The molecular weight excluding hydrogens is 254 g/mol. The Morgan fingerprint density at radius 3 is 2.44 bits per heavy atom. The second-order valence-corrected chi connectivity index (χ2v) is 4.88. The lowest BCUT2D eigenvalue weighted by Gasteiger charge is -2.16. The minimum atomic E-state index is -1.04. The molecule has 1 amide bonds. The highest BCUT2D eigenvalue weighted by atomic mass is 35.5. The summed E-state index contributed by atoms with van der Waals surface area (Å²) in [6.45, 7) is 3.80. The smallest absolute Gasteiger partial charge is 0.326 e. The molecule has 0 saturated carbocycles. The predicted octanol–water partition coefficient (Wildman–Crippen LogP) is 2.57. The Labute approximate surface area is 111 Å². The summed E-state index contributed by atoms with van der Waals surface area (Å²) in [5.74, 6) is -1.32. The highest BCUT2D eigenvalue weighted by Crippen LogP contribution is 2.15. The summed E-state index contributed by atoms with van der Waals surface area (Å²) < 4.78 is 0. The zero-order valence-electron chi connectivity index (χ0n) is 10.3. The third kappa shape index (κ3) is 4.04. The lowest BCUT2D eigenvalue weighted by Crippen LogP contribution is -2.41. The monoisotopic (exact) mass is 269 g/mol. The van der Waals surface area contributed by atoms with Gasteiger partial charge in [0.25, 0.3) is 5.91 Å². The summed E-state index contributed by atoms with van der Waals surface area (Å²) in [5, 5.41) is 11.8. The van der Waals surface area contributed by atoms with Gasteiger partial charge in [-0.15, -0.1) is 0 Å². The molecule has 0 aliphatic rings. The van der Waals surface area contributed by atoms with Crippen molar-refractivity contribution < 1.29 is 14.7 Å². The van der Waals surface area contributed by atoms with Gasteiger partial charge in [-0.2, -0.15) is 0 Å². The van der Waals surface area contributed by atoms with E-state index < -0.39 is 17.9 Å². The summed E-state index contributed by atoms with van der Waals surface area (Å²) in [6.07, 6.45) is 0.380. The van der Waals surface area contributed by atoms with E-state index in [9.17, 15) is 9.59 Å². The summed E-state index contributed by atoms with van der Waals surface area (Å²) in [6, 6.07) is 5.65. The summed E-state index contributed by atoms with van der Waals surface area (Å²) in [5.41, 5.74) is 0.286. The lowest BCUT2D eigenvalue weighted by atomic mass is 10.0. The van der Waals surface area contributed by atoms with Crippen LogP contribution in [0.4, 0.5) is 0 Å². The Balaban J connectivity index is 2.79. The van der Waals surface area contributed by atoms with E-state index in [-0.39, 0.29) is 11.5 Å². The van der Waals surface area contributed by atoms with Crippen molar-refractivity contribution in [3.05, 3.63) is 34.9 Å².